The number of carbonyl (C=O) groups excluding carboxylic acids is 1. The third-order valence-electron chi connectivity index (χ3n) is 5.52. The molecule has 1 N–H and O–H groups in total. The molecule has 0 aliphatic carbocycles. The minimum absolute atomic E-state index is 0.0965. The number of nitrogens with one attached hydrogen (secondary N) is 1. The van der Waals surface area contributed by atoms with Crippen molar-refractivity contribution >= 4 is 6.03 Å². The molecule has 2 atom stereocenters. The van der Waals surface area contributed by atoms with E-state index in [1.165, 1.54) is 12.8 Å². The first kappa shape index (κ1) is 14.1. The summed E-state index contributed by atoms with van der Waals surface area (Å²) in [5, 5.41) is 7.67. The molecule has 1 aromatic rings. The summed E-state index contributed by atoms with van der Waals surface area (Å²) in [6.07, 6.45) is 5.42. The highest BCUT2D eigenvalue weighted by atomic mass is 16.5. The Labute approximate surface area is 130 Å². The Morgan fingerprint density at radius 3 is 2.95 bits per heavy atom. The highest BCUT2D eigenvalue weighted by molar-refractivity contribution is 5.77. The molecule has 3 aliphatic heterocycles. The van der Waals surface area contributed by atoms with E-state index in [0.717, 1.165) is 50.4 Å². The van der Waals surface area contributed by atoms with E-state index in [1.54, 1.807) is 0 Å². The Balaban J connectivity index is 1.46. The van der Waals surface area contributed by atoms with E-state index in [0.29, 0.717) is 12.0 Å². The van der Waals surface area contributed by atoms with E-state index >= 15 is 0 Å². The van der Waals surface area contributed by atoms with E-state index in [4.69, 9.17) is 4.52 Å². The monoisotopic (exact) mass is 304 g/mol. The van der Waals surface area contributed by atoms with Crippen LogP contribution in [0.5, 0.6) is 0 Å². The lowest BCUT2D eigenvalue weighted by Gasteiger charge is -2.28. The quantitative estimate of drug-likeness (QED) is 0.925. The summed E-state index contributed by atoms with van der Waals surface area (Å²) in [4.78, 5) is 16.1. The normalized spacial score (nSPS) is 29.4. The number of aromatic nitrogens is 1. The molecule has 0 radical (unpaired) electrons. The van der Waals surface area contributed by atoms with Crippen molar-refractivity contribution in [2.24, 2.45) is 5.92 Å². The van der Waals surface area contributed by atoms with Crippen LogP contribution < -0.4 is 5.32 Å². The largest absolute Gasteiger partial charge is 0.361 e. The van der Waals surface area contributed by atoms with Gasteiger partial charge in [-0.15, -0.1) is 0 Å². The summed E-state index contributed by atoms with van der Waals surface area (Å²) in [6.45, 7) is 3.03. The maximum atomic E-state index is 12.3. The zero-order valence-corrected chi connectivity index (χ0v) is 13.1. The number of amides is 2. The van der Waals surface area contributed by atoms with Crippen LogP contribution in [-0.4, -0.2) is 53.7 Å². The van der Waals surface area contributed by atoms with Gasteiger partial charge in [-0.25, -0.2) is 4.79 Å². The van der Waals surface area contributed by atoms with Gasteiger partial charge in [-0.1, -0.05) is 5.16 Å². The van der Waals surface area contributed by atoms with Crippen molar-refractivity contribution in [3.8, 4) is 0 Å². The van der Waals surface area contributed by atoms with Crippen molar-refractivity contribution < 1.29 is 9.32 Å². The van der Waals surface area contributed by atoms with Crippen LogP contribution >= 0.6 is 0 Å². The number of carbonyl (C=O) groups is 1. The van der Waals surface area contributed by atoms with Gasteiger partial charge in [0.25, 0.3) is 0 Å². The fourth-order valence-electron chi connectivity index (χ4n) is 4.10. The van der Waals surface area contributed by atoms with Gasteiger partial charge in [0.1, 0.15) is 11.5 Å². The lowest BCUT2D eigenvalue weighted by Crippen LogP contribution is -2.34. The Bertz CT molecular complexity index is 552. The second-order valence-corrected chi connectivity index (χ2v) is 6.91. The van der Waals surface area contributed by atoms with Gasteiger partial charge in [0.2, 0.25) is 0 Å². The van der Waals surface area contributed by atoms with Crippen LogP contribution in [0, 0.1) is 5.92 Å². The number of hydrogen-bond donors (Lipinski definition) is 1. The molecule has 3 saturated heterocycles. The van der Waals surface area contributed by atoms with Crippen molar-refractivity contribution in [1.29, 1.82) is 0 Å². The fraction of sp³-hybridized carbons (Fsp3) is 0.750. The molecule has 2 amide bonds. The summed E-state index contributed by atoms with van der Waals surface area (Å²) in [5.74, 6) is 1.67. The Hall–Kier alpha value is -1.56. The van der Waals surface area contributed by atoms with Crippen LogP contribution in [0.1, 0.15) is 43.2 Å². The molecule has 4 rings (SSSR count). The number of likely N-dealkylation sites (N-methyl/N-ethyl adjacent to an activating group) is 1. The van der Waals surface area contributed by atoms with Crippen LogP contribution in [0.2, 0.25) is 0 Å². The lowest BCUT2D eigenvalue weighted by molar-refractivity contribution is 0.177. The Morgan fingerprint density at radius 2 is 2.14 bits per heavy atom. The van der Waals surface area contributed by atoms with Gasteiger partial charge >= 0.3 is 6.03 Å². The van der Waals surface area contributed by atoms with E-state index in [1.807, 2.05) is 16.8 Å². The zero-order valence-electron chi connectivity index (χ0n) is 13.1. The van der Waals surface area contributed by atoms with Crippen molar-refractivity contribution in [3.63, 3.8) is 0 Å². The first-order valence-corrected chi connectivity index (χ1v) is 8.42. The molecule has 4 heterocycles. The molecule has 0 saturated carbocycles. The zero-order chi connectivity index (χ0) is 15.1. The van der Waals surface area contributed by atoms with Crippen molar-refractivity contribution in [1.82, 2.24) is 20.3 Å². The van der Waals surface area contributed by atoms with Gasteiger partial charge in [-0.05, 0) is 44.7 Å². The number of rotatable bonds is 3. The fourth-order valence-corrected chi connectivity index (χ4v) is 4.10. The average Bonchev–Trinajstić information content (AvgIpc) is 3.09. The molecular weight excluding hydrogens is 280 g/mol. The van der Waals surface area contributed by atoms with E-state index < -0.39 is 0 Å². The van der Waals surface area contributed by atoms with Crippen molar-refractivity contribution in [3.05, 3.63) is 17.5 Å². The number of piperidine rings is 2. The third-order valence-corrected chi connectivity index (χ3v) is 5.52. The summed E-state index contributed by atoms with van der Waals surface area (Å²) >= 11 is 0. The molecule has 0 unspecified atom stereocenters. The number of hydrogen-bond acceptors (Lipinski definition) is 4. The van der Waals surface area contributed by atoms with Crippen LogP contribution in [0.25, 0.3) is 0 Å². The molecule has 0 spiro atoms. The van der Waals surface area contributed by atoms with E-state index in [2.05, 4.69) is 16.5 Å². The van der Waals surface area contributed by atoms with Crippen molar-refractivity contribution in [2.45, 2.75) is 44.2 Å². The van der Waals surface area contributed by atoms with Gasteiger partial charge in [0, 0.05) is 26.1 Å². The predicted molar refractivity (Wildman–Crippen MR) is 81.4 cm³/mol. The van der Waals surface area contributed by atoms with Crippen LogP contribution in [0.4, 0.5) is 4.79 Å². The molecule has 22 heavy (non-hydrogen) atoms. The number of fused-ring (bicyclic) bond motifs is 2. The van der Waals surface area contributed by atoms with Crippen molar-refractivity contribution in [2.75, 3.05) is 26.7 Å². The molecule has 3 fully saturated rings. The number of urea groups is 1. The van der Waals surface area contributed by atoms with Gasteiger partial charge in [-0.3, -0.25) is 0 Å². The minimum Gasteiger partial charge on any atom is -0.361 e. The predicted octanol–water partition coefficient (Wildman–Crippen LogP) is 1.79. The molecule has 3 aliphatic rings. The second kappa shape index (κ2) is 5.57. The van der Waals surface area contributed by atoms with Gasteiger partial charge in [0.05, 0.1) is 12.1 Å². The molecule has 0 aromatic carbocycles. The maximum absolute atomic E-state index is 12.3. The first-order valence-electron chi connectivity index (χ1n) is 8.42. The van der Waals surface area contributed by atoms with Crippen LogP contribution in [0.3, 0.4) is 0 Å². The second-order valence-electron chi connectivity index (χ2n) is 6.91. The van der Waals surface area contributed by atoms with E-state index in [9.17, 15) is 4.79 Å². The highest BCUT2D eigenvalue weighted by Crippen LogP contribution is 2.37. The topological polar surface area (TPSA) is 61.6 Å². The molecule has 6 heteroatoms. The molecule has 120 valence electrons. The lowest BCUT2D eigenvalue weighted by atomic mass is 9.93. The van der Waals surface area contributed by atoms with Crippen LogP contribution in [-0.2, 0) is 6.42 Å². The molecule has 2 bridgehead atoms. The minimum atomic E-state index is 0.0965. The van der Waals surface area contributed by atoms with Gasteiger partial charge < -0.3 is 19.6 Å². The number of nitrogens with zero attached hydrogens (tertiary/aromatic N) is 3. The SMILES string of the molecule is CN1C(=O)N2C[C@H]1CC[C@H]2c1cc(CC2CCNCC2)on1. The Kier molecular flexibility index (Phi) is 3.56. The van der Waals surface area contributed by atoms with Gasteiger partial charge in [0.15, 0.2) is 0 Å². The van der Waals surface area contributed by atoms with Crippen LogP contribution in [0.15, 0.2) is 10.6 Å². The highest BCUT2D eigenvalue weighted by Gasteiger charge is 2.44. The molecule has 1 aromatic heterocycles. The third kappa shape index (κ3) is 2.39. The first-order chi connectivity index (χ1) is 10.7. The Morgan fingerprint density at radius 1 is 1.32 bits per heavy atom. The maximum Gasteiger partial charge on any atom is 0.320 e. The molecular formula is C16H24N4O2. The summed E-state index contributed by atoms with van der Waals surface area (Å²) in [6, 6.07) is 2.69. The standard InChI is InChI=1S/C16H24N4O2/c1-19-12-2-3-15(20(10-12)16(19)21)14-9-13(22-18-14)8-11-4-6-17-7-5-11/h9,11-12,15,17H,2-8,10H2,1H3/t12-,15+/m1/s1. The summed E-state index contributed by atoms with van der Waals surface area (Å²) in [7, 11) is 1.90. The smallest absolute Gasteiger partial charge is 0.320 e. The summed E-state index contributed by atoms with van der Waals surface area (Å²) in [5.41, 5.74) is 0.936. The van der Waals surface area contributed by atoms with E-state index in [-0.39, 0.29) is 12.1 Å². The average molecular weight is 304 g/mol. The van der Waals surface area contributed by atoms with Gasteiger partial charge in [-0.2, -0.15) is 0 Å². The molecule has 6 nitrogen and oxygen atoms in total. The summed E-state index contributed by atoms with van der Waals surface area (Å²) < 4.78 is 5.57.